The van der Waals surface area contributed by atoms with Crippen molar-refractivity contribution in [1.82, 2.24) is 0 Å². The first-order valence-corrected chi connectivity index (χ1v) is 12.1. The van der Waals surface area contributed by atoms with Crippen LogP contribution in [0.5, 0.6) is 5.75 Å². The monoisotopic (exact) mass is 531 g/mol. The summed E-state index contributed by atoms with van der Waals surface area (Å²) in [5.41, 5.74) is -1.83. The second-order valence-electron chi connectivity index (χ2n) is 7.66. The maximum absolute atomic E-state index is 14.8. The van der Waals surface area contributed by atoms with Gasteiger partial charge in [0.15, 0.2) is 9.84 Å². The Hall–Kier alpha value is -3.54. The number of benzene rings is 3. The molecule has 0 aliphatic heterocycles. The van der Waals surface area contributed by atoms with E-state index in [1.165, 1.54) is 26.0 Å². The zero-order valence-corrected chi connectivity index (χ0v) is 19.6. The number of rotatable bonds is 7. The summed E-state index contributed by atoms with van der Waals surface area (Å²) in [7, 11) is -3.68. The maximum atomic E-state index is 14.8. The average molecular weight is 531 g/mol. The summed E-state index contributed by atoms with van der Waals surface area (Å²) in [6.07, 6.45) is -5.10. The molecule has 3 rings (SSSR count). The minimum atomic E-state index is -5.10. The molecule has 0 aromatic heterocycles. The first kappa shape index (κ1) is 27.1. The largest absolute Gasteiger partial charge is 0.573 e. The SMILES string of the molecule is CCS(=O)(=O)c1ccc(C(C)C(=O)Nc2cc(F)c(-c3ccccc3OC(F)(F)F)c(F)c2)c(F)c1. The Morgan fingerprint density at radius 1 is 0.972 bits per heavy atom. The summed E-state index contributed by atoms with van der Waals surface area (Å²) >= 11 is 0. The van der Waals surface area contributed by atoms with Gasteiger partial charge in [-0.05, 0) is 37.3 Å². The van der Waals surface area contributed by atoms with Gasteiger partial charge < -0.3 is 10.1 Å². The Morgan fingerprint density at radius 3 is 2.14 bits per heavy atom. The molecular weight excluding hydrogens is 512 g/mol. The number of hydrogen-bond acceptors (Lipinski definition) is 4. The number of carbonyl (C=O) groups is 1. The molecule has 1 atom stereocenters. The Balaban J connectivity index is 1.87. The van der Waals surface area contributed by atoms with Crippen LogP contribution < -0.4 is 10.1 Å². The van der Waals surface area contributed by atoms with Gasteiger partial charge in [0.25, 0.3) is 0 Å². The lowest BCUT2D eigenvalue weighted by Crippen LogP contribution is -2.20. The zero-order chi connectivity index (χ0) is 26.8. The van der Waals surface area contributed by atoms with Gasteiger partial charge in [-0.15, -0.1) is 13.2 Å². The number of alkyl halides is 3. The van der Waals surface area contributed by atoms with E-state index >= 15 is 0 Å². The van der Waals surface area contributed by atoms with Crippen molar-refractivity contribution in [2.24, 2.45) is 0 Å². The highest BCUT2D eigenvalue weighted by Crippen LogP contribution is 2.37. The zero-order valence-electron chi connectivity index (χ0n) is 18.8. The Labute approximate surface area is 202 Å². The van der Waals surface area contributed by atoms with Gasteiger partial charge in [0, 0.05) is 16.8 Å². The molecule has 1 N–H and O–H groups in total. The standard InChI is InChI=1S/C24H19F6NO4S/c1-3-36(33,34)15-8-9-16(18(25)12-15)13(2)23(32)31-14-10-19(26)22(20(27)11-14)17-6-4-5-7-21(17)35-24(28,29)30/h4-13H,3H2,1-2H3,(H,31,32). The molecule has 0 spiro atoms. The molecular formula is C24H19F6NO4S. The molecule has 0 saturated heterocycles. The van der Waals surface area contributed by atoms with Crippen molar-refractivity contribution in [2.45, 2.75) is 31.0 Å². The van der Waals surface area contributed by atoms with E-state index in [4.69, 9.17) is 0 Å². The van der Waals surface area contributed by atoms with Gasteiger partial charge in [-0.25, -0.2) is 21.6 Å². The predicted molar refractivity (Wildman–Crippen MR) is 120 cm³/mol. The third-order valence-corrected chi connectivity index (χ3v) is 6.99. The number of sulfone groups is 1. The second kappa shape index (κ2) is 10.2. The first-order valence-electron chi connectivity index (χ1n) is 10.4. The van der Waals surface area contributed by atoms with Crippen molar-refractivity contribution in [2.75, 3.05) is 11.1 Å². The molecule has 0 aliphatic carbocycles. The van der Waals surface area contributed by atoms with E-state index in [9.17, 15) is 39.6 Å². The molecule has 3 aromatic rings. The number of ether oxygens (including phenoxy) is 1. The number of para-hydroxylation sites is 1. The van der Waals surface area contributed by atoms with E-state index in [0.717, 1.165) is 30.3 Å². The van der Waals surface area contributed by atoms with E-state index in [1.807, 2.05) is 0 Å². The molecule has 0 fully saturated rings. The number of anilines is 1. The second-order valence-corrected chi connectivity index (χ2v) is 9.93. The Bertz CT molecular complexity index is 1380. The van der Waals surface area contributed by atoms with Gasteiger partial charge >= 0.3 is 6.36 Å². The van der Waals surface area contributed by atoms with Crippen LogP contribution in [0.15, 0.2) is 59.5 Å². The third kappa shape index (κ3) is 5.99. The average Bonchev–Trinajstić information content (AvgIpc) is 2.78. The number of nitrogens with one attached hydrogen (secondary N) is 1. The molecule has 1 unspecified atom stereocenters. The van der Waals surface area contributed by atoms with E-state index in [-0.39, 0.29) is 21.9 Å². The predicted octanol–water partition coefficient (Wildman–Crippen LogP) is 6.21. The minimum Gasteiger partial charge on any atom is -0.405 e. The molecule has 12 heteroatoms. The summed E-state index contributed by atoms with van der Waals surface area (Å²) in [4.78, 5) is 12.3. The van der Waals surface area contributed by atoms with Crippen molar-refractivity contribution < 1.29 is 44.3 Å². The smallest absolute Gasteiger partial charge is 0.405 e. The van der Waals surface area contributed by atoms with Crippen LogP contribution in [0.25, 0.3) is 11.1 Å². The number of hydrogen-bond donors (Lipinski definition) is 1. The maximum Gasteiger partial charge on any atom is 0.573 e. The van der Waals surface area contributed by atoms with Crippen LogP contribution in [0.3, 0.4) is 0 Å². The Morgan fingerprint density at radius 2 is 1.58 bits per heavy atom. The molecule has 0 bridgehead atoms. The number of halogens is 6. The van der Waals surface area contributed by atoms with E-state index in [1.54, 1.807) is 0 Å². The van der Waals surface area contributed by atoms with Crippen molar-refractivity contribution in [3.05, 3.63) is 77.6 Å². The third-order valence-electron chi connectivity index (χ3n) is 5.26. The fraction of sp³-hybridized carbons (Fsp3) is 0.208. The van der Waals surface area contributed by atoms with Gasteiger partial charge in [-0.3, -0.25) is 4.79 Å². The highest BCUT2D eigenvalue weighted by Gasteiger charge is 2.33. The van der Waals surface area contributed by atoms with Gasteiger partial charge in [-0.1, -0.05) is 31.2 Å². The quantitative estimate of drug-likeness (QED) is 0.368. The van der Waals surface area contributed by atoms with Gasteiger partial charge in [0.2, 0.25) is 5.91 Å². The lowest BCUT2D eigenvalue weighted by Gasteiger charge is -2.16. The highest BCUT2D eigenvalue weighted by molar-refractivity contribution is 7.91. The minimum absolute atomic E-state index is 0.154. The molecule has 0 radical (unpaired) electrons. The van der Waals surface area contributed by atoms with Crippen LogP contribution in [0, 0.1) is 17.5 Å². The van der Waals surface area contributed by atoms with Gasteiger partial charge in [0.05, 0.1) is 22.1 Å². The van der Waals surface area contributed by atoms with Crippen LogP contribution in [-0.4, -0.2) is 26.4 Å². The molecule has 0 aliphatic rings. The fourth-order valence-electron chi connectivity index (χ4n) is 3.40. The summed E-state index contributed by atoms with van der Waals surface area (Å²) < 4.78 is 110. The lowest BCUT2D eigenvalue weighted by molar-refractivity contribution is -0.274. The van der Waals surface area contributed by atoms with Crippen molar-refractivity contribution in [3.63, 3.8) is 0 Å². The molecule has 192 valence electrons. The normalized spacial score (nSPS) is 12.8. The summed E-state index contributed by atoms with van der Waals surface area (Å²) in [5.74, 6) is -6.64. The van der Waals surface area contributed by atoms with Crippen LogP contribution in [0.4, 0.5) is 32.0 Å². The topological polar surface area (TPSA) is 72.5 Å². The summed E-state index contributed by atoms with van der Waals surface area (Å²) in [5, 5.41) is 2.22. The molecule has 1 amide bonds. The van der Waals surface area contributed by atoms with Gasteiger partial charge in [0.1, 0.15) is 23.2 Å². The van der Waals surface area contributed by atoms with Crippen molar-refractivity contribution in [3.8, 4) is 16.9 Å². The molecule has 36 heavy (non-hydrogen) atoms. The van der Waals surface area contributed by atoms with Crippen LogP contribution in [-0.2, 0) is 14.6 Å². The van der Waals surface area contributed by atoms with Gasteiger partial charge in [-0.2, -0.15) is 0 Å². The van der Waals surface area contributed by atoms with E-state index in [0.29, 0.717) is 12.1 Å². The molecule has 0 heterocycles. The summed E-state index contributed by atoms with van der Waals surface area (Å²) in [6, 6.07) is 8.84. The van der Waals surface area contributed by atoms with Crippen LogP contribution in [0.1, 0.15) is 25.3 Å². The van der Waals surface area contributed by atoms with Crippen LogP contribution in [0.2, 0.25) is 0 Å². The van der Waals surface area contributed by atoms with Crippen LogP contribution >= 0.6 is 0 Å². The lowest BCUT2D eigenvalue weighted by atomic mass is 9.99. The highest BCUT2D eigenvalue weighted by atomic mass is 32.2. The molecule has 5 nitrogen and oxygen atoms in total. The number of amides is 1. The van der Waals surface area contributed by atoms with Crippen molar-refractivity contribution in [1.29, 1.82) is 0 Å². The Kier molecular flexibility index (Phi) is 7.68. The fourth-order valence-corrected chi connectivity index (χ4v) is 4.29. The molecule has 3 aromatic carbocycles. The van der Waals surface area contributed by atoms with Crippen molar-refractivity contribution >= 4 is 21.4 Å². The first-order chi connectivity index (χ1) is 16.7. The number of carbonyl (C=O) groups excluding carboxylic acids is 1. The summed E-state index contributed by atoms with van der Waals surface area (Å²) in [6.45, 7) is 2.69. The molecule has 0 saturated carbocycles. The van der Waals surface area contributed by atoms with E-state index < -0.39 is 62.4 Å². The van der Waals surface area contributed by atoms with E-state index in [2.05, 4.69) is 10.1 Å².